The zero-order chi connectivity index (χ0) is 16.9. The third-order valence-electron chi connectivity index (χ3n) is 5.96. The SMILES string of the molecule is CC1CCC2(CC1)Oc1ccccc1[C@H]1CC(c3cccnc3)=NN12. The van der Waals surface area contributed by atoms with Gasteiger partial charge in [-0.25, -0.2) is 5.01 Å². The summed E-state index contributed by atoms with van der Waals surface area (Å²) in [6.07, 6.45) is 9.13. The van der Waals surface area contributed by atoms with E-state index < -0.39 is 0 Å². The van der Waals surface area contributed by atoms with Gasteiger partial charge in [0, 0.05) is 42.8 Å². The molecule has 4 nitrogen and oxygen atoms in total. The largest absolute Gasteiger partial charge is 0.466 e. The fourth-order valence-electron chi connectivity index (χ4n) is 4.48. The molecule has 1 atom stereocenters. The number of pyridine rings is 1. The van der Waals surface area contributed by atoms with Crippen molar-refractivity contribution in [3.05, 3.63) is 59.9 Å². The third-order valence-corrected chi connectivity index (χ3v) is 5.96. The molecular formula is C21H23N3O. The van der Waals surface area contributed by atoms with Crippen LogP contribution in [-0.4, -0.2) is 21.4 Å². The highest BCUT2D eigenvalue weighted by atomic mass is 16.5. The molecule has 128 valence electrons. The van der Waals surface area contributed by atoms with Gasteiger partial charge < -0.3 is 4.74 Å². The van der Waals surface area contributed by atoms with E-state index in [4.69, 9.17) is 9.84 Å². The van der Waals surface area contributed by atoms with E-state index in [-0.39, 0.29) is 11.8 Å². The summed E-state index contributed by atoms with van der Waals surface area (Å²) in [5.41, 5.74) is 3.22. The lowest BCUT2D eigenvalue weighted by atomic mass is 9.82. The summed E-state index contributed by atoms with van der Waals surface area (Å²) in [5, 5.41) is 7.35. The molecule has 3 heterocycles. The topological polar surface area (TPSA) is 37.7 Å². The van der Waals surface area contributed by atoms with Gasteiger partial charge in [0.25, 0.3) is 0 Å². The van der Waals surface area contributed by atoms with Gasteiger partial charge in [-0.3, -0.25) is 4.98 Å². The quantitative estimate of drug-likeness (QED) is 0.769. The summed E-state index contributed by atoms with van der Waals surface area (Å²) in [6.45, 7) is 2.34. The van der Waals surface area contributed by atoms with Crippen LogP contribution in [0, 0.1) is 5.92 Å². The molecule has 1 aromatic carbocycles. The maximum absolute atomic E-state index is 6.61. The maximum Gasteiger partial charge on any atom is 0.198 e. The number of hydrogen-bond donors (Lipinski definition) is 0. The van der Waals surface area contributed by atoms with Gasteiger partial charge >= 0.3 is 0 Å². The van der Waals surface area contributed by atoms with Crippen molar-refractivity contribution in [1.29, 1.82) is 0 Å². The summed E-state index contributed by atoms with van der Waals surface area (Å²) in [5.74, 6) is 1.81. The Labute approximate surface area is 148 Å². The number of para-hydroxylation sites is 1. The van der Waals surface area contributed by atoms with Gasteiger partial charge in [0.05, 0.1) is 11.8 Å². The van der Waals surface area contributed by atoms with Crippen LogP contribution in [0.5, 0.6) is 5.75 Å². The van der Waals surface area contributed by atoms with Crippen LogP contribution in [0.4, 0.5) is 0 Å². The minimum absolute atomic E-state index is 0.272. The normalized spacial score (nSPS) is 30.4. The molecule has 1 fully saturated rings. The molecule has 25 heavy (non-hydrogen) atoms. The molecule has 2 aliphatic heterocycles. The molecule has 5 rings (SSSR count). The van der Waals surface area contributed by atoms with Gasteiger partial charge in [0.2, 0.25) is 0 Å². The number of rotatable bonds is 1. The van der Waals surface area contributed by atoms with Crippen molar-refractivity contribution in [2.45, 2.75) is 50.8 Å². The van der Waals surface area contributed by atoms with Crippen LogP contribution in [0.2, 0.25) is 0 Å². The number of ether oxygens (including phenoxy) is 1. The lowest BCUT2D eigenvalue weighted by Crippen LogP contribution is -2.55. The zero-order valence-corrected chi connectivity index (χ0v) is 14.6. The van der Waals surface area contributed by atoms with Crippen LogP contribution in [-0.2, 0) is 0 Å². The predicted octanol–water partition coefficient (Wildman–Crippen LogP) is 4.53. The van der Waals surface area contributed by atoms with Crippen LogP contribution in [0.15, 0.2) is 53.9 Å². The molecule has 0 radical (unpaired) electrons. The number of hydrazone groups is 1. The van der Waals surface area contributed by atoms with E-state index in [1.807, 2.05) is 18.5 Å². The van der Waals surface area contributed by atoms with Gasteiger partial charge in [0.1, 0.15) is 5.75 Å². The summed E-state index contributed by atoms with van der Waals surface area (Å²) in [4.78, 5) is 4.27. The van der Waals surface area contributed by atoms with E-state index in [0.717, 1.165) is 42.2 Å². The van der Waals surface area contributed by atoms with Gasteiger partial charge in [0.15, 0.2) is 5.72 Å². The fraction of sp³-hybridized carbons (Fsp3) is 0.429. The molecule has 1 aromatic heterocycles. The van der Waals surface area contributed by atoms with Gasteiger partial charge in [-0.15, -0.1) is 0 Å². The second kappa shape index (κ2) is 5.58. The second-order valence-corrected chi connectivity index (χ2v) is 7.62. The fourth-order valence-corrected chi connectivity index (χ4v) is 4.48. The van der Waals surface area contributed by atoms with Crippen LogP contribution in [0.3, 0.4) is 0 Å². The Morgan fingerprint density at radius 2 is 1.96 bits per heavy atom. The van der Waals surface area contributed by atoms with Crippen LogP contribution in [0.25, 0.3) is 0 Å². The molecule has 1 saturated carbocycles. The van der Waals surface area contributed by atoms with E-state index in [2.05, 4.69) is 47.2 Å². The minimum atomic E-state index is -0.282. The Hall–Kier alpha value is -2.36. The van der Waals surface area contributed by atoms with E-state index in [0.29, 0.717) is 0 Å². The van der Waals surface area contributed by atoms with E-state index in [1.54, 1.807) is 0 Å². The summed E-state index contributed by atoms with van der Waals surface area (Å²) in [6, 6.07) is 12.8. The first-order chi connectivity index (χ1) is 12.3. The van der Waals surface area contributed by atoms with Crippen molar-refractivity contribution >= 4 is 5.71 Å². The number of hydrogen-bond acceptors (Lipinski definition) is 4. The lowest BCUT2D eigenvalue weighted by molar-refractivity contribution is -0.145. The summed E-state index contributed by atoms with van der Waals surface area (Å²) in [7, 11) is 0. The molecule has 0 N–H and O–H groups in total. The average molecular weight is 333 g/mol. The molecular weight excluding hydrogens is 310 g/mol. The smallest absolute Gasteiger partial charge is 0.198 e. The summed E-state index contributed by atoms with van der Waals surface area (Å²) < 4.78 is 6.61. The molecule has 1 spiro atoms. The third kappa shape index (κ3) is 2.35. The molecule has 0 amide bonds. The Bertz CT molecular complexity index is 809. The average Bonchev–Trinajstić information content (AvgIpc) is 3.12. The van der Waals surface area contributed by atoms with Gasteiger partial charge in [-0.05, 0) is 30.9 Å². The summed E-state index contributed by atoms with van der Waals surface area (Å²) >= 11 is 0. The number of nitrogens with zero attached hydrogens (tertiary/aromatic N) is 3. The highest BCUT2D eigenvalue weighted by Crippen LogP contribution is 2.51. The first kappa shape index (κ1) is 14.9. The molecule has 0 saturated heterocycles. The monoisotopic (exact) mass is 333 g/mol. The van der Waals surface area contributed by atoms with Gasteiger partial charge in [-0.2, -0.15) is 5.10 Å². The highest BCUT2D eigenvalue weighted by Gasteiger charge is 2.51. The second-order valence-electron chi connectivity index (χ2n) is 7.62. The zero-order valence-electron chi connectivity index (χ0n) is 14.6. The van der Waals surface area contributed by atoms with E-state index >= 15 is 0 Å². The van der Waals surface area contributed by atoms with E-state index in [9.17, 15) is 0 Å². The molecule has 0 bridgehead atoms. The standard InChI is InChI=1S/C21H23N3O/c1-15-8-10-21(11-9-15)24-19(17-6-2-3-7-20(17)25-21)13-18(23-24)16-5-4-12-22-14-16/h2-7,12,14-15,19H,8-11,13H2,1H3/t15?,19-,21?/m1/s1. The van der Waals surface area contributed by atoms with Crippen molar-refractivity contribution in [3.8, 4) is 5.75 Å². The number of benzene rings is 1. The van der Waals surface area contributed by atoms with Crippen LogP contribution >= 0.6 is 0 Å². The van der Waals surface area contributed by atoms with E-state index in [1.165, 1.54) is 18.4 Å². The van der Waals surface area contributed by atoms with Crippen molar-refractivity contribution in [3.63, 3.8) is 0 Å². The Morgan fingerprint density at radius 3 is 2.76 bits per heavy atom. The van der Waals surface area contributed by atoms with Gasteiger partial charge in [-0.1, -0.05) is 31.2 Å². The number of fused-ring (bicyclic) bond motifs is 4. The Morgan fingerprint density at radius 1 is 1.12 bits per heavy atom. The van der Waals surface area contributed by atoms with Crippen molar-refractivity contribution in [2.75, 3.05) is 0 Å². The number of aromatic nitrogens is 1. The van der Waals surface area contributed by atoms with Crippen molar-refractivity contribution < 1.29 is 4.74 Å². The first-order valence-corrected chi connectivity index (χ1v) is 9.30. The Kier molecular flexibility index (Phi) is 3.34. The minimum Gasteiger partial charge on any atom is -0.466 e. The van der Waals surface area contributed by atoms with Crippen LogP contribution < -0.4 is 4.74 Å². The highest BCUT2D eigenvalue weighted by molar-refractivity contribution is 6.01. The lowest BCUT2D eigenvalue weighted by Gasteiger charge is -2.50. The predicted molar refractivity (Wildman–Crippen MR) is 97.4 cm³/mol. The molecule has 3 aliphatic rings. The van der Waals surface area contributed by atoms with Crippen molar-refractivity contribution in [1.82, 2.24) is 9.99 Å². The molecule has 4 heteroatoms. The Balaban J connectivity index is 1.59. The molecule has 1 aliphatic carbocycles. The maximum atomic E-state index is 6.61. The van der Waals surface area contributed by atoms with Crippen molar-refractivity contribution in [2.24, 2.45) is 11.0 Å². The first-order valence-electron chi connectivity index (χ1n) is 9.30. The van der Waals surface area contributed by atoms with Crippen LogP contribution in [0.1, 0.15) is 56.2 Å². The molecule has 0 unspecified atom stereocenters. The molecule has 2 aromatic rings.